The Bertz CT molecular complexity index is 1030. The molecule has 1 aliphatic carbocycles. The predicted molar refractivity (Wildman–Crippen MR) is 103 cm³/mol. The van der Waals surface area contributed by atoms with Gasteiger partial charge in [-0.2, -0.15) is 0 Å². The number of halogens is 2. The van der Waals surface area contributed by atoms with Gasteiger partial charge in [0.2, 0.25) is 5.91 Å². The SMILES string of the molecule is O=C(Nc1nc2c(s1)CCC2C(=O)Nc1ccc(F)cc1)c1ccc(F)cc1. The van der Waals surface area contributed by atoms with Gasteiger partial charge in [-0.05, 0) is 61.4 Å². The zero-order valence-corrected chi connectivity index (χ0v) is 15.4. The third kappa shape index (κ3) is 3.77. The maximum absolute atomic E-state index is 13.0. The summed E-state index contributed by atoms with van der Waals surface area (Å²) in [7, 11) is 0. The van der Waals surface area contributed by atoms with E-state index >= 15 is 0 Å². The van der Waals surface area contributed by atoms with Crippen molar-refractivity contribution in [2.45, 2.75) is 18.8 Å². The molecule has 2 amide bonds. The molecule has 1 heterocycles. The van der Waals surface area contributed by atoms with Crippen molar-refractivity contribution in [2.24, 2.45) is 0 Å². The highest BCUT2D eigenvalue weighted by Gasteiger charge is 2.33. The van der Waals surface area contributed by atoms with Crippen LogP contribution in [0.15, 0.2) is 48.5 Å². The van der Waals surface area contributed by atoms with E-state index in [0.29, 0.717) is 34.9 Å². The molecule has 0 aliphatic heterocycles. The number of anilines is 2. The highest BCUT2D eigenvalue weighted by atomic mass is 32.1. The van der Waals surface area contributed by atoms with E-state index in [9.17, 15) is 18.4 Å². The molecule has 0 spiro atoms. The Morgan fingerprint density at radius 1 is 0.964 bits per heavy atom. The number of carbonyl (C=O) groups is 2. The van der Waals surface area contributed by atoms with Crippen molar-refractivity contribution in [1.82, 2.24) is 4.98 Å². The number of thiazole rings is 1. The summed E-state index contributed by atoms with van der Waals surface area (Å²) in [5.74, 6) is -1.82. The second kappa shape index (κ2) is 7.47. The van der Waals surface area contributed by atoms with E-state index in [1.165, 1.54) is 59.9 Å². The average Bonchev–Trinajstić information content (AvgIpc) is 3.24. The van der Waals surface area contributed by atoms with E-state index in [4.69, 9.17) is 0 Å². The summed E-state index contributed by atoms with van der Waals surface area (Å²) in [4.78, 5) is 30.2. The van der Waals surface area contributed by atoms with Crippen LogP contribution in [0.5, 0.6) is 0 Å². The molecule has 142 valence electrons. The highest BCUT2D eigenvalue weighted by molar-refractivity contribution is 7.16. The number of aromatic nitrogens is 1. The third-order valence-electron chi connectivity index (χ3n) is 4.47. The van der Waals surface area contributed by atoms with Crippen LogP contribution in [0.2, 0.25) is 0 Å². The standard InChI is InChI=1S/C20H15F2N3O2S/c21-12-3-1-11(2-4-12)18(26)25-20-24-17-15(9-10-16(17)28-20)19(27)23-14-7-5-13(22)6-8-14/h1-8,15H,9-10H2,(H,23,27)(H,24,25,26). The molecule has 0 bridgehead atoms. The molecule has 2 aromatic carbocycles. The lowest BCUT2D eigenvalue weighted by Gasteiger charge is -2.10. The third-order valence-corrected chi connectivity index (χ3v) is 5.52. The van der Waals surface area contributed by atoms with Crippen LogP contribution in [0.3, 0.4) is 0 Å². The average molecular weight is 399 g/mol. The van der Waals surface area contributed by atoms with Gasteiger partial charge in [0.15, 0.2) is 5.13 Å². The molecule has 1 unspecified atom stereocenters. The number of nitrogens with zero attached hydrogens (tertiary/aromatic N) is 1. The van der Waals surface area contributed by atoms with Gasteiger partial charge in [-0.1, -0.05) is 0 Å². The van der Waals surface area contributed by atoms with Crippen LogP contribution in [0.25, 0.3) is 0 Å². The van der Waals surface area contributed by atoms with Crippen molar-refractivity contribution in [3.63, 3.8) is 0 Å². The van der Waals surface area contributed by atoms with Crippen LogP contribution in [0.4, 0.5) is 19.6 Å². The summed E-state index contributed by atoms with van der Waals surface area (Å²) >= 11 is 1.33. The number of rotatable bonds is 4. The van der Waals surface area contributed by atoms with Crippen molar-refractivity contribution in [3.8, 4) is 0 Å². The van der Waals surface area contributed by atoms with Crippen LogP contribution in [0.1, 0.15) is 33.3 Å². The van der Waals surface area contributed by atoms with Crippen molar-refractivity contribution in [2.75, 3.05) is 10.6 Å². The molecule has 0 radical (unpaired) electrons. The first-order valence-corrected chi connectivity index (χ1v) is 9.44. The van der Waals surface area contributed by atoms with Crippen LogP contribution in [0, 0.1) is 11.6 Å². The minimum absolute atomic E-state index is 0.216. The lowest BCUT2D eigenvalue weighted by molar-refractivity contribution is -0.117. The van der Waals surface area contributed by atoms with Gasteiger partial charge in [-0.15, -0.1) is 11.3 Å². The molecular weight excluding hydrogens is 384 g/mol. The normalized spacial score (nSPS) is 15.1. The van der Waals surface area contributed by atoms with Crippen LogP contribution in [-0.2, 0) is 11.2 Å². The molecule has 1 aromatic heterocycles. The second-order valence-corrected chi connectivity index (χ2v) is 7.46. The molecule has 4 rings (SSSR count). The molecule has 0 saturated heterocycles. The first-order valence-electron chi connectivity index (χ1n) is 8.62. The Hall–Kier alpha value is -3.13. The summed E-state index contributed by atoms with van der Waals surface area (Å²) in [5, 5.41) is 5.87. The van der Waals surface area contributed by atoms with Gasteiger partial charge in [0.05, 0.1) is 11.6 Å². The number of nitrogens with one attached hydrogen (secondary N) is 2. The van der Waals surface area contributed by atoms with E-state index in [1.807, 2.05) is 0 Å². The Balaban J connectivity index is 1.46. The maximum Gasteiger partial charge on any atom is 0.257 e. The summed E-state index contributed by atoms with van der Waals surface area (Å²) in [6.07, 6.45) is 1.33. The summed E-state index contributed by atoms with van der Waals surface area (Å²) in [6.45, 7) is 0. The molecule has 2 N–H and O–H groups in total. The lowest BCUT2D eigenvalue weighted by Crippen LogP contribution is -2.20. The van der Waals surface area contributed by atoms with Crippen molar-refractivity contribution in [3.05, 3.63) is 76.3 Å². The molecule has 3 aromatic rings. The molecule has 8 heteroatoms. The largest absolute Gasteiger partial charge is 0.326 e. The monoisotopic (exact) mass is 399 g/mol. The molecule has 1 aliphatic rings. The first kappa shape index (κ1) is 18.2. The smallest absolute Gasteiger partial charge is 0.257 e. The minimum Gasteiger partial charge on any atom is -0.326 e. The number of benzene rings is 2. The molecular formula is C20H15F2N3O2S. The van der Waals surface area contributed by atoms with Crippen molar-refractivity contribution < 1.29 is 18.4 Å². The fraction of sp³-hybridized carbons (Fsp3) is 0.150. The predicted octanol–water partition coefficient (Wildman–Crippen LogP) is 4.34. The van der Waals surface area contributed by atoms with Gasteiger partial charge in [-0.25, -0.2) is 13.8 Å². The number of fused-ring (bicyclic) bond motifs is 1. The number of amides is 2. The zero-order valence-electron chi connectivity index (χ0n) is 14.5. The zero-order chi connectivity index (χ0) is 19.7. The first-order chi connectivity index (χ1) is 13.5. The number of aryl methyl sites for hydroxylation is 1. The number of hydrogen-bond acceptors (Lipinski definition) is 4. The van der Waals surface area contributed by atoms with Crippen molar-refractivity contribution >= 4 is 34.0 Å². The summed E-state index contributed by atoms with van der Waals surface area (Å²) in [5.41, 5.74) is 1.49. The Morgan fingerprint density at radius 2 is 1.61 bits per heavy atom. The molecule has 1 atom stereocenters. The van der Waals surface area contributed by atoms with Crippen LogP contribution < -0.4 is 10.6 Å². The van der Waals surface area contributed by atoms with E-state index in [-0.39, 0.29) is 17.6 Å². The van der Waals surface area contributed by atoms with E-state index < -0.39 is 11.7 Å². The second-order valence-electron chi connectivity index (χ2n) is 6.38. The lowest BCUT2D eigenvalue weighted by atomic mass is 10.1. The van der Waals surface area contributed by atoms with Gasteiger partial charge in [0.25, 0.3) is 5.91 Å². The Labute approximate surface area is 163 Å². The van der Waals surface area contributed by atoms with E-state index in [0.717, 1.165) is 4.88 Å². The maximum atomic E-state index is 13.0. The topological polar surface area (TPSA) is 71.1 Å². The fourth-order valence-corrected chi connectivity index (χ4v) is 4.10. The molecule has 5 nitrogen and oxygen atoms in total. The quantitative estimate of drug-likeness (QED) is 0.686. The molecule has 0 fully saturated rings. The molecule has 28 heavy (non-hydrogen) atoms. The minimum atomic E-state index is -0.423. The van der Waals surface area contributed by atoms with Crippen LogP contribution in [-0.4, -0.2) is 16.8 Å². The fourth-order valence-electron chi connectivity index (χ4n) is 3.07. The van der Waals surface area contributed by atoms with Crippen LogP contribution >= 0.6 is 11.3 Å². The van der Waals surface area contributed by atoms with E-state index in [1.54, 1.807) is 0 Å². The van der Waals surface area contributed by atoms with Gasteiger partial charge in [-0.3, -0.25) is 14.9 Å². The highest BCUT2D eigenvalue weighted by Crippen LogP contribution is 2.39. The number of carbonyl (C=O) groups excluding carboxylic acids is 2. The van der Waals surface area contributed by atoms with Crippen molar-refractivity contribution in [1.29, 1.82) is 0 Å². The molecule has 0 saturated carbocycles. The number of hydrogen-bond donors (Lipinski definition) is 2. The van der Waals surface area contributed by atoms with Gasteiger partial charge < -0.3 is 5.32 Å². The Kier molecular flexibility index (Phi) is 4.87. The summed E-state index contributed by atoms with van der Waals surface area (Å²) in [6, 6.07) is 10.8. The van der Waals surface area contributed by atoms with E-state index in [2.05, 4.69) is 15.6 Å². The van der Waals surface area contributed by atoms with Gasteiger partial charge >= 0.3 is 0 Å². The van der Waals surface area contributed by atoms with Gasteiger partial charge in [0, 0.05) is 16.1 Å². The van der Waals surface area contributed by atoms with Gasteiger partial charge in [0.1, 0.15) is 11.6 Å². The Morgan fingerprint density at radius 3 is 2.29 bits per heavy atom. The summed E-state index contributed by atoms with van der Waals surface area (Å²) < 4.78 is 26.0.